The number of allylic oxidation sites excluding steroid dienone is 2. The Morgan fingerprint density at radius 2 is 0.862 bits per heavy atom. The molecule has 1 amide bonds. The van der Waals surface area contributed by atoms with Crippen molar-refractivity contribution in [3.63, 3.8) is 0 Å². The molecule has 0 saturated heterocycles. The molecule has 344 valence electrons. The molecule has 0 bridgehead atoms. The zero-order valence-corrected chi connectivity index (χ0v) is 39.2. The Balaban J connectivity index is 4.36. The first kappa shape index (κ1) is 56.6. The number of ether oxygens (including phenoxy) is 1. The predicted molar refractivity (Wildman–Crippen MR) is 250 cm³/mol. The number of aliphatic hydroxyl groups is 2. The Labute approximate surface area is 361 Å². The van der Waals surface area contributed by atoms with E-state index in [1.54, 1.807) is 0 Å². The topological polar surface area (TPSA) is 95.9 Å². The molecule has 0 saturated carbocycles. The minimum atomic E-state index is -0.784. The molecule has 0 aliphatic heterocycles. The van der Waals surface area contributed by atoms with Gasteiger partial charge in [-0.1, -0.05) is 238 Å². The number of aliphatic hydroxyl groups excluding tert-OH is 2. The maximum Gasteiger partial charge on any atom is 0.306 e. The lowest BCUT2D eigenvalue weighted by atomic mass is 10.0. The molecule has 3 unspecified atom stereocenters. The summed E-state index contributed by atoms with van der Waals surface area (Å²) in [4.78, 5) is 26.0. The Morgan fingerprint density at radius 3 is 1.29 bits per heavy atom. The molecule has 0 aliphatic carbocycles. The normalized spacial score (nSPS) is 13.3. The van der Waals surface area contributed by atoms with Gasteiger partial charge in [0.2, 0.25) is 5.91 Å². The van der Waals surface area contributed by atoms with Crippen molar-refractivity contribution >= 4 is 11.9 Å². The van der Waals surface area contributed by atoms with E-state index in [4.69, 9.17) is 4.74 Å². The SMILES string of the molecule is CCC/C=C\CCCCCC(CC(=O)NC(CO)C(O)CCCCCCCCCCCCCCCC)OC(=O)CCCCCCCCCCCCCCCCCCC. The van der Waals surface area contributed by atoms with Crippen LogP contribution in [0.15, 0.2) is 12.2 Å². The summed E-state index contributed by atoms with van der Waals surface area (Å²) < 4.78 is 5.90. The van der Waals surface area contributed by atoms with Gasteiger partial charge in [-0.3, -0.25) is 9.59 Å². The third kappa shape index (κ3) is 41.3. The second-order valence-electron chi connectivity index (χ2n) is 17.9. The third-order valence-electron chi connectivity index (χ3n) is 12.1. The van der Waals surface area contributed by atoms with Crippen molar-refractivity contribution < 1.29 is 24.5 Å². The van der Waals surface area contributed by atoms with Gasteiger partial charge in [0.25, 0.3) is 0 Å². The molecule has 0 aromatic heterocycles. The molecule has 0 rings (SSSR count). The van der Waals surface area contributed by atoms with E-state index in [-0.39, 0.29) is 24.9 Å². The van der Waals surface area contributed by atoms with E-state index in [1.807, 2.05) is 0 Å². The van der Waals surface area contributed by atoms with Crippen LogP contribution in [0.3, 0.4) is 0 Å². The molecular weight excluding hydrogens is 719 g/mol. The average molecular weight is 820 g/mol. The molecule has 58 heavy (non-hydrogen) atoms. The van der Waals surface area contributed by atoms with Crippen molar-refractivity contribution in [1.82, 2.24) is 5.32 Å². The van der Waals surface area contributed by atoms with Crippen molar-refractivity contribution in [2.24, 2.45) is 0 Å². The minimum Gasteiger partial charge on any atom is -0.462 e. The van der Waals surface area contributed by atoms with Gasteiger partial charge in [-0.15, -0.1) is 0 Å². The molecule has 6 heteroatoms. The fraction of sp³-hybridized carbons (Fsp3) is 0.923. The van der Waals surface area contributed by atoms with Crippen LogP contribution in [-0.4, -0.2) is 46.9 Å². The van der Waals surface area contributed by atoms with Crippen LogP contribution in [0, 0.1) is 0 Å². The summed E-state index contributed by atoms with van der Waals surface area (Å²) in [5, 5.41) is 23.7. The Hall–Kier alpha value is -1.40. The van der Waals surface area contributed by atoms with Gasteiger partial charge in [-0.25, -0.2) is 0 Å². The fourth-order valence-electron chi connectivity index (χ4n) is 8.14. The summed E-state index contributed by atoms with van der Waals surface area (Å²) in [5.41, 5.74) is 0. The second-order valence-corrected chi connectivity index (χ2v) is 17.9. The highest BCUT2D eigenvalue weighted by Crippen LogP contribution is 2.18. The Morgan fingerprint density at radius 1 is 0.483 bits per heavy atom. The van der Waals surface area contributed by atoms with Gasteiger partial charge >= 0.3 is 5.97 Å². The molecule has 0 radical (unpaired) electrons. The third-order valence-corrected chi connectivity index (χ3v) is 12.1. The Kier molecular flexibility index (Phi) is 45.5. The van der Waals surface area contributed by atoms with Crippen LogP contribution in [0.2, 0.25) is 0 Å². The summed E-state index contributed by atoms with van der Waals surface area (Å²) in [6.07, 6.45) is 51.4. The van der Waals surface area contributed by atoms with Crippen LogP contribution < -0.4 is 5.32 Å². The highest BCUT2D eigenvalue weighted by atomic mass is 16.5. The minimum absolute atomic E-state index is 0.0727. The van der Waals surface area contributed by atoms with Crippen LogP contribution >= 0.6 is 0 Å². The highest BCUT2D eigenvalue weighted by molar-refractivity contribution is 5.77. The largest absolute Gasteiger partial charge is 0.462 e. The number of carbonyl (C=O) groups is 2. The number of nitrogens with one attached hydrogen (secondary N) is 1. The van der Waals surface area contributed by atoms with Crippen molar-refractivity contribution in [3.05, 3.63) is 12.2 Å². The number of esters is 1. The first-order chi connectivity index (χ1) is 28.5. The lowest BCUT2D eigenvalue weighted by Gasteiger charge is -2.24. The van der Waals surface area contributed by atoms with Gasteiger partial charge in [0.15, 0.2) is 0 Å². The van der Waals surface area contributed by atoms with Gasteiger partial charge in [0, 0.05) is 6.42 Å². The van der Waals surface area contributed by atoms with E-state index < -0.39 is 18.2 Å². The van der Waals surface area contributed by atoms with Gasteiger partial charge in [-0.2, -0.15) is 0 Å². The summed E-state index contributed by atoms with van der Waals surface area (Å²) in [7, 11) is 0. The summed E-state index contributed by atoms with van der Waals surface area (Å²) >= 11 is 0. The summed E-state index contributed by atoms with van der Waals surface area (Å²) in [6, 6.07) is -0.698. The first-order valence-corrected chi connectivity index (χ1v) is 25.9. The molecule has 0 aromatic carbocycles. The second kappa shape index (κ2) is 46.7. The molecular formula is C52H101NO5. The van der Waals surface area contributed by atoms with Crippen LogP contribution in [-0.2, 0) is 14.3 Å². The van der Waals surface area contributed by atoms with Crippen LogP contribution in [0.25, 0.3) is 0 Å². The van der Waals surface area contributed by atoms with Crippen molar-refractivity contribution in [1.29, 1.82) is 0 Å². The van der Waals surface area contributed by atoms with Gasteiger partial charge in [0.1, 0.15) is 6.10 Å². The maximum atomic E-state index is 13.1. The van der Waals surface area contributed by atoms with Crippen LogP contribution in [0.5, 0.6) is 0 Å². The fourth-order valence-corrected chi connectivity index (χ4v) is 8.14. The molecule has 3 N–H and O–H groups in total. The molecule has 6 nitrogen and oxygen atoms in total. The standard InChI is InChI=1S/C52H101NO5/c1-4-7-10-13-16-19-21-23-25-26-27-29-31-33-36-39-42-45-52(57)58-48(43-40-37-34-18-15-12-9-6-3)46-51(56)53-49(47-54)50(55)44-41-38-35-32-30-28-24-22-20-17-14-11-8-5-2/h12,15,48-50,54-55H,4-11,13-14,16-47H2,1-3H3,(H,53,56)/b15-12-. The molecule has 0 aliphatic rings. The first-order valence-electron chi connectivity index (χ1n) is 25.9. The van der Waals surface area contributed by atoms with E-state index in [0.717, 1.165) is 64.2 Å². The molecule has 0 fully saturated rings. The number of hydrogen-bond acceptors (Lipinski definition) is 5. The van der Waals surface area contributed by atoms with Crippen molar-refractivity contribution in [2.45, 2.75) is 302 Å². The molecule has 3 atom stereocenters. The number of carbonyl (C=O) groups excluding carboxylic acids is 2. The molecule has 0 aromatic rings. The zero-order chi connectivity index (χ0) is 42.4. The van der Waals surface area contributed by atoms with E-state index in [0.29, 0.717) is 19.3 Å². The van der Waals surface area contributed by atoms with Crippen molar-refractivity contribution in [2.75, 3.05) is 6.61 Å². The quantitative estimate of drug-likeness (QED) is 0.0323. The molecule has 0 heterocycles. The highest BCUT2D eigenvalue weighted by Gasteiger charge is 2.24. The summed E-state index contributed by atoms with van der Waals surface area (Å²) in [6.45, 7) is 6.43. The molecule has 0 spiro atoms. The summed E-state index contributed by atoms with van der Waals surface area (Å²) in [5.74, 6) is -0.477. The van der Waals surface area contributed by atoms with Crippen molar-refractivity contribution in [3.8, 4) is 0 Å². The lowest BCUT2D eigenvalue weighted by molar-refractivity contribution is -0.151. The number of unbranched alkanes of at least 4 members (excludes halogenated alkanes) is 33. The average Bonchev–Trinajstić information content (AvgIpc) is 3.22. The smallest absolute Gasteiger partial charge is 0.306 e. The van der Waals surface area contributed by atoms with E-state index in [1.165, 1.54) is 173 Å². The van der Waals surface area contributed by atoms with Gasteiger partial charge in [-0.05, 0) is 44.9 Å². The van der Waals surface area contributed by atoms with Crippen LogP contribution in [0.4, 0.5) is 0 Å². The lowest BCUT2D eigenvalue weighted by Crippen LogP contribution is -2.46. The monoisotopic (exact) mass is 820 g/mol. The van der Waals surface area contributed by atoms with E-state index in [9.17, 15) is 19.8 Å². The Bertz CT molecular complexity index is 878. The number of amides is 1. The van der Waals surface area contributed by atoms with Gasteiger partial charge in [0.05, 0.1) is 25.2 Å². The van der Waals surface area contributed by atoms with Gasteiger partial charge < -0.3 is 20.3 Å². The number of hydrogen-bond donors (Lipinski definition) is 3. The van der Waals surface area contributed by atoms with Crippen LogP contribution in [0.1, 0.15) is 284 Å². The predicted octanol–water partition coefficient (Wildman–Crippen LogP) is 15.3. The van der Waals surface area contributed by atoms with E-state index >= 15 is 0 Å². The zero-order valence-electron chi connectivity index (χ0n) is 39.2. The maximum absolute atomic E-state index is 13.1. The van der Waals surface area contributed by atoms with E-state index in [2.05, 4.69) is 38.2 Å². The number of rotatable bonds is 47.